The first-order valence-corrected chi connectivity index (χ1v) is 35.0. The molecule has 87 heavy (non-hydrogen) atoms. The van der Waals surface area contributed by atoms with Crippen molar-refractivity contribution in [3.8, 4) is 0 Å². The maximum atomic E-state index is 13.3. The summed E-state index contributed by atoms with van der Waals surface area (Å²) in [5.41, 5.74) is 0. The van der Waals surface area contributed by atoms with Crippen LogP contribution in [-0.2, 0) is 23.7 Å². The molecule has 0 spiro atoms. The largest absolute Gasteiger partial charge is 0.394 e. The first kappa shape index (κ1) is 80.0. The molecule has 0 aromatic carbocycles. The maximum Gasteiger partial charge on any atom is 0.220 e. The Hall–Kier alpha value is -3.09. The fourth-order valence-electron chi connectivity index (χ4n) is 11.0. The number of hydrogen-bond donors (Lipinski definition) is 9. The highest BCUT2D eigenvalue weighted by molar-refractivity contribution is 5.76. The van der Waals surface area contributed by atoms with Crippen LogP contribution in [0.4, 0.5) is 0 Å². The van der Waals surface area contributed by atoms with Gasteiger partial charge in [0, 0.05) is 6.42 Å². The maximum absolute atomic E-state index is 13.3. The summed E-state index contributed by atoms with van der Waals surface area (Å²) in [6.07, 6.45) is 63.0. The van der Waals surface area contributed by atoms with Crippen molar-refractivity contribution in [1.29, 1.82) is 0 Å². The quantitative estimate of drug-likeness (QED) is 0.0204. The van der Waals surface area contributed by atoms with Crippen molar-refractivity contribution in [2.45, 2.75) is 338 Å². The number of ether oxygens (including phenoxy) is 4. The molecule has 2 heterocycles. The average molecular weight is 1230 g/mol. The number of aliphatic hydroxyl groups is 8. The lowest BCUT2D eigenvalue weighted by Crippen LogP contribution is -2.65. The molecule has 1 amide bonds. The van der Waals surface area contributed by atoms with E-state index in [0.717, 1.165) is 103 Å². The number of hydrogen-bond acceptors (Lipinski definition) is 13. The Kier molecular flexibility index (Phi) is 52.3. The summed E-state index contributed by atoms with van der Waals surface area (Å²) < 4.78 is 22.9. The number of carbonyl (C=O) groups is 1. The van der Waals surface area contributed by atoms with Gasteiger partial charge in [-0.3, -0.25) is 4.79 Å². The van der Waals surface area contributed by atoms with Gasteiger partial charge < -0.3 is 65.1 Å². The Labute approximate surface area is 528 Å². The van der Waals surface area contributed by atoms with Gasteiger partial charge >= 0.3 is 0 Å². The van der Waals surface area contributed by atoms with Crippen LogP contribution in [0.15, 0.2) is 97.2 Å². The molecule has 0 aliphatic carbocycles. The van der Waals surface area contributed by atoms with Gasteiger partial charge in [0.25, 0.3) is 0 Å². The highest BCUT2D eigenvalue weighted by Gasteiger charge is 2.51. The lowest BCUT2D eigenvalue weighted by molar-refractivity contribution is -0.359. The first-order valence-electron chi connectivity index (χ1n) is 35.0. The van der Waals surface area contributed by atoms with E-state index in [1.165, 1.54) is 135 Å². The van der Waals surface area contributed by atoms with Gasteiger partial charge in [0.05, 0.1) is 32.0 Å². The van der Waals surface area contributed by atoms with E-state index in [4.69, 9.17) is 18.9 Å². The highest BCUT2D eigenvalue weighted by Crippen LogP contribution is 2.30. The molecule has 2 saturated heterocycles. The molecule has 2 fully saturated rings. The van der Waals surface area contributed by atoms with E-state index in [1.807, 2.05) is 6.08 Å². The normalized spacial score (nSPS) is 23.9. The molecule has 0 saturated carbocycles. The van der Waals surface area contributed by atoms with Crippen LogP contribution in [0.2, 0.25) is 0 Å². The fourth-order valence-corrected chi connectivity index (χ4v) is 11.0. The minimum atomic E-state index is -1.79. The van der Waals surface area contributed by atoms with Crippen LogP contribution in [0.25, 0.3) is 0 Å². The summed E-state index contributed by atoms with van der Waals surface area (Å²) in [5, 5.41) is 87.5. The summed E-state index contributed by atoms with van der Waals surface area (Å²) in [7, 11) is 0. The number of nitrogens with one attached hydrogen (secondary N) is 1. The van der Waals surface area contributed by atoms with E-state index < -0.39 is 86.8 Å². The van der Waals surface area contributed by atoms with Gasteiger partial charge in [-0.05, 0) is 77.0 Å². The molecule has 12 atom stereocenters. The van der Waals surface area contributed by atoms with Crippen molar-refractivity contribution >= 4 is 5.91 Å². The lowest BCUT2D eigenvalue weighted by Gasteiger charge is -2.46. The van der Waals surface area contributed by atoms with E-state index in [2.05, 4.69) is 104 Å². The van der Waals surface area contributed by atoms with Gasteiger partial charge in [-0.2, -0.15) is 0 Å². The van der Waals surface area contributed by atoms with Crippen LogP contribution in [0, 0.1) is 0 Å². The predicted octanol–water partition coefficient (Wildman–Crippen LogP) is 14.2. The number of amides is 1. The third-order valence-electron chi connectivity index (χ3n) is 16.5. The molecule has 0 bridgehead atoms. The van der Waals surface area contributed by atoms with Crippen molar-refractivity contribution in [2.24, 2.45) is 0 Å². The van der Waals surface area contributed by atoms with Gasteiger partial charge in [0.15, 0.2) is 12.6 Å². The molecule has 0 aromatic rings. The summed E-state index contributed by atoms with van der Waals surface area (Å²) in [5.74, 6) is -0.252. The van der Waals surface area contributed by atoms with Crippen LogP contribution in [-0.4, -0.2) is 140 Å². The van der Waals surface area contributed by atoms with E-state index in [0.29, 0.717) is 6.42 Å². The van der Waals surface area contributed by atoms with Crippen LogP contribution < -0.4 is 5.32 Å². The summed E-state index contributed by atoms with van der Waals surface area (Å²) in [6, 6.07) is -0.929. The topological polar surface area (TPSA) is 228 Å². The Balaban J connectivity index is 1.71. The summed E-state index contributed by atoms with van der Waals surface area (Å²) >= 11 is 0. The molecule has 14 nitrogen and oxygen atoms in total. The predicted molar refractivity (Wildman–Crippen MR) is 355 cm³/mol. The van der Waals surface area contributed by atoms with Crippen LogP contribution >= 0.6 is 0 Å². The fraction of sp³-hybridized carbons (Fsp3) is 0.767. The number of allylic oxidation sites excluding steroid dienone is 15. The third kappa shape index (κ3) is 41.1. The summed E-state index contributed by atoms with van der Waals surface area (Å²) in [6.45, 7) is 2.70. The molecule has 2 aliphatic rings. The van der Waals surface area contributed by atoms with Crippen LogP contribution in [0.1, 0.15) is 264 Å². The van der Waals surface area contributed by atoms with Crippen LogP contribution in [0.3, 0.4) is 0 Å². The molecule has 14 heteroatoms. The molecule has 12 unspecified atom stereocenters. The molecular weight excluding hydrogens is 1100 g/mol. The highest BCUT2D eigenvalue weighted by atomic mass is 16.7. The van der Waals surface area contributed by atoms with Crippen molar-refractivity contribution in [1.82, 2.24) is 5.32 Å². The van der Waals surface area contributed by atoms with E-state index in [9.17, 15) is 45.6 Å². The molecule has 9 N–H and O–H groups in total. The second-order valence-corrected chi connectivity index (χ2v) is 24.3. The Morgan fingerprint density at radius 3 is 1.22 bits per heavy atom. The average Bonchev–Trinajstić information content (AvgIpc) is 1.55. The SMILES string of the molecule is CC/C=C\C/C=C\C/C=C\C/C=C\C/C=C\C/C=C\C/C=C\CCCCCCCCCC(=O)NC(COC1OC(CO)C(OC2OC(CO)C(O)C(O)C2O)C(O)C1O)C(O)/C=C/CCCCCCCCCCCCCCCCCCCCCCCC. The van der Waals surface area contributed by atoms with E-state index >= 15 is 0 Å². The van der Waals surface area contributed by atoms with Crippen molar-refractivity contribution in [2.75, 3.05) is 19.8 Å². The molecule has 0 radical (unpaired) electrons. The minimum Gasteiger partial charge on any atom is -0.394 e. The summed E-state index contributed by atoms with van der Waals surface area (Å²) in [4.78, 5) is 13.3. The van der Waals surface area contributed by atoms with E-state index in [-0.39, 0.29) is 18.9 Å². The van der Waals surface area contributed by atoms with Crippen molar-refractivity contribution in [3.63, 3.8) is 0 Å². The van der Waals surface area contributed by atoms with Gasteiger partial charge in [0.1, 0.15) is 48.8 Å². The molecular formula is C73H127NO13. The first-order chi connectivity index (χ1) is 42.6. The number of unbranched alkanes of at least 4 members (excludes halogenated alkanes) is 29. The molecule has 2 aliphatic heterocycles. The van der Waals surface area contributed by atoms with Gasteiger partial charge in [0.2, 0.25) is 5.91 Å². The van der Waals surface area contributed by atoms with Crippen LogP contribution in [0.5, 0.6) is 0 Å². The van der Waals surface area contributed by atoms with Gasteiger partial charge in [-0.15, -0.1) is 0 Å². The Bertz CT molecular complexity index is 1830. The zero-order chi connectivity index (χ0) is 63.1. The number of aliphatic hydroxyl groups excluding tert-OH is 8. The van der Waals surface area contributed by atoms with E-state index in [1.54, 1.807) is 6.08 Å². The lowest BCUT2D eigenvalue weighted by atomic mass is 9.97. The Morgan fingerprint density at radius 1 is 0.425 bits per heavy atom. The molecule has 502 valence electrons. The van der Waals surface area contributed by atoms with Crippen molar-refractivity contribution in [3.05, 3.63) is 97.2 Å². The standard InChI is InChI=1S/C73H127NO13/c1-3-5-7-9-11-13-15-17-19-21-23-25-27-29-30-31-32-33-35-37-39-41-43-45-47-49-51-53-55-57-65(78)74-61(60-84-72-70(83)68(81)71(64(59-76)86-72)87-73-69(82)67(80)66(79)63(58-75)85-73)62(77)56-54-52-50-48-46-44-42-40-38-36-34-28-26-24-22-20-18-16-14-12-10-8-6-4-2/h5,7,11,13,17,19,23,25,29-30,32-33,37,39,54,56,61-64,66-73,75-77,79-83H,3-4,6,8-10,12,14-16,18,20-22,24,26-28,31,34-36,38,40-53,55,57-60H2,1-2H3,(H,74,78)/b7-5-,13-11-,19-17-,25-23-,30-29-,33-32-,39-37-,56-54+. The zero-order valence-corrected chi connectivity index (χ0v) is 54.5. The molecule has 2 rings (SSSR count). The Morgan fingerprint density at radius 2 is 0.793 bits per heavy atom. The minimum absolute atomic E-state index is 0.252. The third-order valence-corrected chi connectivity index (χ3v) is 16.5. The van der Waals surface area contributed by atoms with Gasteiger partial charge in [-0.25, -0.2) is 0 Å². The molecule has 0 aromatic heterocycles. The van der Waals surface area contributed by atoms with Crippen molar-refractivity contribution < 1.29 is 64.6 Å². The second-order valence-electron chi connectivity index (χ2n) is 24.3. The van der Waals surface area contributed by atoms with Gasteiger partial charge in [-0.1, -0.05) is 278 Å². The monoisotopic (exact) mass is 1230 g/mol. The number of carbonyl (C=O) groups excluding carboxylic acids is 1. The second kappa shape index (κ2) is 56.9. The zero-order valence-electron chi connectivity index (χ0n) is 54.5. The number of rotatable bonds is 56. The smallest absolute Gasteiger partial charge is 0.220 e.